The molecule has 10 heteroatoms. The van der Waals surface area contributed by atoms with Gasteiger partial charge in [-0.1, -0.05) is 31.9 Å². The molecule has 0 bridgehead atoms. The third-order valence-corrected chi connectivity index (χ3v) is 7.23. The Balaban J connectivity index is 1.76. The highest BCUT2D eigenvalue weighted by Gasteiger charge is 2.44. The van der Waals surface area contributed by atoms with Crippen LogP contribution in [0, 0.1) is 23.7 Å². The number of fused-ring (bicyclic) bond motifs is 1. The van der Waals surface area contributed by atoms with E-state index in [9.17, 15) is 9.90 Å². The highest BCUT2D eigenvalue weighted by Crippen LogP contribution is 2.42. The molecule has 1 aliphatic rings. The lowest BCUT2D eigenvalue weighted by atomic mass is 9.95. The quantitative estimate of drug-likeness (QED) is 0.364. The van der Waals surface area contributed by atoms with Crippen LogP contribution in [0.3, 0.4) is 0 Å². The first-order valence-electron chi connectivity index (χ1n) is 11.1. The van der Waals surface area contributed by atoms with Gasteiger partial charge >= 0.3 is 0 Å². The zero-order chi connectivity index (χ0) is 23.5. The Bertz CT molecular complexity index is 1210. The lowest BCUT2D eigenvalue weighted by Crippen LogP contribution is -2.30. The maximum Gasteiger partial charge on any atom is 0.223 e. The van der Waals surface area contributed by atoms with Gasteiger partial charge < -0.3 is 20.3 Å². The van der Waals surface area contributed by atoms with Gasteiger partial charge in [-0.05, 0) is 42.7 Å². The van der Waals surface area contributed by atoms with E-state index < -0.39 is 6.10 Å². The van der Waals surface area contributed by atoms with E-state index in [2.05, 4.69) is 44.4 Å². The molecule has 3 N–H and O–H groups in total. The monoisotopic (exact) mass is 486 g/mol. The minimum atomic E-state index is -0.686. The molecule has 1 fully saturated rings. The van der Waals surface area contributed by atoms with E-state index >= 15 is 0 Å². The second-order valence-corrected chi connectivity index (χ2v) is 9.94. The molecule has 4 atom stereocenters. The fourth-order valence-electron chi connectivity index (χ4n) is 4.37. The van der Waals surface area contributed by atoms with Crippen LogP contribution in [0.25, 0.3) is 11.2 Å². The van der Waals surface area contributed by atoms with Gasteiger partial charge in [0.15, 0.2) is 17.0 Å². The third kappa shape index (κ3) is 4.83. The number of carbonyl (C=O) groups is 1. The zero-order valence-electron chi connectivity index (χ0n) is 18.8. The molecule has 8 nitrogen and oxygen atoms in total. The fourth-order valence-corrected chi connectivity index (χ4v) is 5.27. The highest BCUT2D eigenvalue weighted by atomic mass is 35.5. The van der Waals surface area contributed by atoms with Crippen molar-refractivity contribution in [2.75, 3.05) is 18.9 Å². The van der Waals surface area contributed by atoms with Crippen molar-refractivity contribution in [1.82, 2.24) is 24.8 Å². The molecular weight excluding hydrogens is 460 g/mol. The maximum absolute atomic E-state index is 12.3. The molecule has 3 aromatic heterocycles. The molecular formula is C23H27ClN6O2S. The molecule has 4 rings (SSSR count). The summed E-state index contributed by atoms with van der Waals surface area (Å²) in [5.74, 6) is 6.64. The number of nitrogens with one attached hydrogen (secondary N) is 2. The second-order valence-electron chi connectivity index (χ2n) is 8.23. The molecule has 1 saturated carbocycles. The Hall–Kier alpha value is -2.67. The first-order chi connectivity index (χ1) is 15.9. The largest absolute Gasteiger partial charge is 0.391 e. The number of imidazole rings is 1. The van der Waals surface area contributed by atoms with Gasteiger partial charge in [0, 0.05) is 19.5 Å². The van der Waals surface area contributed by atoms with Gasteiger partial charge in [0.1, 0.15) is 0 Å². The van der Waals surface area contributed by atoms with Crippen LogP contribution in [0.5, 0.6) is 0 Å². The number of unbranched alkanes of at least 4 members (excludes halogenated alkanes) is 1. The number of rotatable bonds is 6. The lowest BCUT2D eigenvalue weighted by Gasteiger charge is -2.22. The molecule has 0 aromatic carbocycles. The maximum atomic E-state index is 12.3. The SMILES string of the molecule is CCCCNc1nc(C#Cc2ccc(Cl)s2)nc2c1ncn2[C@@H]1[C@@H](C)[C@H](C(=O)NC)C[C@H]1O. The van der Waals surface area contributed by atoms with Crippen LogP contribution in [0.15, 0.2) is 18.5 Å². The number of halogens is 1. The second kappa shape index (κ2) is 10.1. The standard InChI is InChI=1S/C23H27ClN6O2S/c1-4-5-10-26-21-19-22(29-18(28-21)9-7-14-6-8-17(24)33-14)30(12-27-19)20-13(2)15(11-16(20)31)23(32)25-3/h6,8,12-13,15-16,20,31H,4-5,10-11H2,1-3H3,(H,25,32)(H,26,28,29)/t13-,15+,16+,20+/m0/s1. The molecule has 0 aliphatic heterocycles. The summed E-state index contributed by atoms with van der Waals surface area (Å²) in [6, 6.07) is 3.34. The predicted molar refractivity (Wildman–Crippen MR) is 130 cm³/mol. The minimum absolute atomic E-state index is 0.0637. The van der Waals surface area contributed by atoms with Crippen LogP contribution >= 0.6 is 22.9 Å². The van der Waals surface area contributed by atoms with Gasteiger partial charge in [-0.15, -0.1) is 11.3 Å². The van der Waals surface area contributed by atoms with E-state index in [4.69, 9.17) is 11.6 Å². The van der Waals surface area contributed by atoms with Gasteiger partial charge in [-0.25, -0.2) is 15.0 Å². The molecule has 3 heterocycles. The van der Waals surface area contributed by atoms with Gasteiger partial charge in [0.25, 0.3) is 0 Å². The van der Waals surface area contributed by atoms with Crippen molar-refractivity contribution < 1.29 is 9.90 Å². The zero-order valence-corrected chi connectivity index (χ0v) is 20.4. The number of aliphatic hydroxyl groups excluding tert-OH is 1. The van der Waals surface area contributed by atoms with Crippen molar-refractivity contribution in [3.63, 3.8) is 0 Å². The first kappa shape index (κ1) is 23.5. The van der Waals surface area contributed by atoms with Crippen molar-refractivity contribution in [1.29, 1.82) is 0 Å². The number of aromatic nitrogens is 4. The Labute approximate surface area is 201 Å². The van der Waals surface area contributed by atoms with Crippen molar-refractivity contribution in [2.24, 2.45) is 11.8 Å². The van der Waals surface area contributed by atoms with E-state index in [1.807, 2.05) is 17.6 Å². The Morgan fingerprint density at radius 3 is 2.88 bits per heavy atom. The average Bonchev–Trinajstić information content (AvgIpc) is 3.49. The number of carbonyl (C=O) groups excluding carboxylic acids is 1. The van der Waals surface area contributed by atoms with E-state index in [-0.39, 0.29) is 23.8 Å². The summed E-state index contributed by atoms with van der Waals surface area (Å²) in [4.78, 5) is 27.0. The van der Waals surface area contributed by atoms with Crippen LogP contribution in [0.4, 0.5) is 5.82 Å². The normalized spacial score (nSPS) is 22.2. The number of aliphatic hydroxyl groups is 1. The Kier molecular flexibility index (Phi) is 7.17. The molecule has 0 unspecified atom stereocenters. The van der Waals surface area contributed by atoms with Crippen molar-refractivity contribution in [2.45, 2.75) is 45.3 Å². The molecule has 1 aliphatic carbocycles. The topological polar surface area (TPSA) is 105 Å². The van der Waals surface area contributed by atoms with E-state index in [1.165, 1.54) is 11.3 Å². The van der Waals surface area contributed by atoms with Crippen LogP contribution in [0.1, 0.15) is 49.9 Å². The van der Waals surface area contributed by atoms with Crippen LogP contribution in [-0.4, -0.2) is 50.2 Å². The van der Waals surface area contributed by atoms with Gasteiger partial charge in [0.05, 0.1) is 27.7 Å². The van der Waals surface area contributed by atoms with Crippen molar-refractivity contribution >= 4 is 45.8 Å². The average molecular weight is 487 g/mol. The smallest absolute Gasteiger partial charge is 0.223 e. The van der Waals surface area contributed by atoms with Crippen molar-refractivity contribution in [3.8, 4) is 11.8 Å². The van der Waals surface area contributed by atoms with Crippen molar-refractivity contribution in [3.05, 3.63) is 33.5 Å². The van der Waals surface area contributed by atoms with Crippen LogP contribution < -0.4 is 10.6 Å². The minimum Gasteiger partial charge on any atom is -0.391 e. The Morgan fingerprint density at radius 2 is 2.18 bits per heavy atom. The van der Waals surface area contributed by atoms with Crippen LogP contribution in [-0.2, 0) is 4.79 Å². The Morgan fingerprint density at radius 1 is 1.36 bits per heavy atom. The van der Waals surface area contributed by atoms with Gasteiger partial charge in [-0.3, -0.25) is 4.79 Å². The fraction of sp³-hybridized carbons (Fsp3) is 0.478. The summed E-state index contributed by atoms with van der Waals surface area (Å²) in [5.41, 5.74) is 1.21. The molecule has 0 radical (unpaired) electrons. The summed E-state index contributed by atoms with van der Waals surface area (Å²) in [7, 11) is 1.62. The number of amides is 1. The van der Waals surface area contributed by atoms with Crippen LogP contribution in [0.2, 0.25) is 4.34 Å². The molecule has 174 valence electrons. The number of anilines is 1. The third-order valence-electron chi connectivity index (χ3n) is 6.08. The summed E-state index contributed by atoms with van der Waals surface area (Å²) in [5, 5.41) is 16.9. The molecule has 0 spiro atoms. The lowest BCUT2D eigenvalue weighted by molar-refractivity contribution is -0.125. The van der Waals surface area contributed by atoms with Gasteiger partial charge in [-0.2, -0.15) is 0 Å². The molecule has 1 amide bonds. The highest BCUT2D eigenvalue weighted by molar-refractivity contribution is 7.16. The molecule has 0 saturated heterocycles. The first-order valence-corrected chi connectivity index (χ1v) is 12.3. The van der Waals surface area contributed by atoms with E-state index in [1.54, 1.807) is 19.4 Å². The number of thiophene rings is 1. The number of nitrogens with zero attached hydrogens (tertiary/aromatic N) is 4. The summed E-state index contributed by atoms with van der Waals surface area (Å²) in [6.07, 6.45) is 3.43. The summed E-state index contributed by atoms with van der Waals surface area (Å²) >= 11 is 7.41. The van der Waals surface area contributed by atoms with Gasteiger partial charge in [0.2, 0.25) is 11.7 Å². The summed E-state index contributed by atoms with van der Waals surface area (Å²) in [6.45, 7) is 4.86. The molecule has 33 heavy (non-hydrogen) atoms. The summed E-state index contributed by atoms with van der Waals surface area (Å²) < 4.78 is 2.54. The van der Waals surface area contributed by atoms with E-state index in [0.29, 0.717) is 33.6 Å². The molecule has 3 aromatic rings. The number of hydrogen-bond donors (Lipinski definition) is 3. The number of hydrogen-bond acceptors (Lipinski definition) is 7. The predicted octanol–water partition coefficient (Wildman–Crippen LogP) is 3.46. The van der Waals surface area contributed by atoms with E-state index in [0.717, 1.165) is 24.3 Å².